The molecule has 0 aliphatic carbocycles. The third kappa shape index (κ3) is 1.55. The summed E-state index contributed by atoms with van der Waals surface area (Å²) >= 11 is 0. The first-order valence-corrected chi connectivity index (χ1v) is 4.92. The summed E-state index contributed by atoms with van der Waals surface area (Å²) in [6.45, 7) is 6.76. The first-order valence-electron chi connectivity index (χ1n) is 4.92. The number of allylic oxidation sites excluding steroid dienone is 2. The first-order chi connectivity index (χ1) is 6.07. The summed E-state index contributed by atoms with van der Waals surface area (Å²) < 4.78 is 0. The minimum atomic E-state index is 0.262. The monoisotopic (exact) mass is 175 g/mol. The number of hydrogen-bond donors (Lipinski definition) is 0. The van der Waals surface area contributed by atoms with Crippen molar-refractivity contribution in [2.24, 2.45) is 5.41 Å². The topological polar surface area (TPSA) is 3.24 Å². The molecule has 0 aromatic rings. The molecule has 1 unspecified atom stereocenters. The van der Waals surface area contributed by atoms with Crippen molar-refractivity contribution >= 4 is 0 Å². The van der Waals surface area contributed by atoms with Crippen LogP contribution in [-0.4, -0.2) is 10.9 Å². The van der Waals surface area contributed by atoms with Gasteiger partial charge in [-0.3, -0.25) is 0 Å². The Kier molecular flexibility index (Phi) is 1.83. The average molecular weight is 175 g/mol. The molecule has 13 heavy (non-hydrogen) atoms. The Morgan fingerprint density at radius 2 is 2.15 bits per heavy atom. The summed E-state index contributed by atoms with van der Waals surface area (Å²) in [6, 6.07) is 0.589. The maximum atomic E-state index is 2.31. The molecule has 0 aromatic heterocycles. The van der Waals surface area contributed by atoms with Gasteiger partial charge in [0.05, 0.1) is 6.04 Å². The molecule has 2 aliphatic rings. The highest BCUT2D eigenvalue weighted by molar-refractivity contribution is 5.32. The van der Waals surface area contributed by atoms with E-state index < -0.39 is 0 Å². The molecule has 0 aromatic carbocycles. The van der Waals surface area contributed by atoms with Gasteiger partial charge in [0.15, 0.2) is 0 Å². The van der Waals surface area contributed by atoms with Crippen LogP contribution >= 0.6 is 0 Å². The van der Waals surface area contributed by atoms with Gasteiger partial charge in [-0.05, 0) is 17.4 Å². The molecule has 2 aliphatic heterocycles. The average Bonchev–Trinajstić information content (AvgIpc) is 2.47. The van der Waals surface area contributed by atoms with Crippen LogP contribution in [-0.2, 0) is 0 Å². The second-order valence-corrected chi connectivity index (χ2v) is 4.83. The summed E-state index contributed by atoms with van der Waals surface area (Å²) in [5.74, 6) is 0. The molecule has 1 atom stereocenters. The summed E-state index contributed by atoms with van der Waals surface area (Å²) in [7, 11) is 0. The Bertz CT molecular complexity index is 289. The zero-order chi connectivity index (χ0) is 9.47. The van der Waals surface area contributed by atoms with Gasteiger partial charge in [0, 0.05) is 12.4 Å². The highest BCUT2D eigenvalue weighted by Crippen LogP contribution is 2.32. The van der Waals surface area contributed by atoms with Gasteiger partial charge in [-0.15, -0.1) is 0 Å². The lowest BCUT2D eigenvalue weighted by Gasteiger charge is -2.29. The van der Waals surface area contributed by atoms with Crippen LogP contribution in [0.5, 0.6) is 0 Å². The molecule has 2 rings (SSSR count). The quantitative estimate of drug-likeness (QED) is 0.547. The third-order valence-electron chi connectivity index (χ3n) is 2.69. The molecule has 0 spiro atoms. The van der Waals surface area contributed by atoms with E-state index in [0.29, 0.717) is 6.04 Å². The van der Waals surface area contributed by atoms with Crippen molar-refractivity contribution in [3.63, 3.8) is 0 Å². The zero-order valence-electron chi connectivity index (χ0n) is 8.62. The second kappa shape index (κ2) is 2.76. The van der Waals surface area contributed by atoms with Gasteiger partial charge in [-0.1, -0.05) is 39.0 Å². The highest BCUT2D eigenvalue weighted by Gasteiger charge is 2.23. The summed E-state index contributed by atoms with van der Waals surface area (Å²) in [5, 5.41) is 0. The van der Waals surface area contributed by atoms with Gasteiger partial charge >= 0.3 is 0 Å². The maximum Gasteiger partial charge on any atom is 0.0548 e. The Morgan fingerprint density at radius 1 is 1.38 bits per heavy atom. The van der Waals surface area contributed by atoms with Crippen molar-refractivity contribution in [1.29, 1.82) is 0 Å². The molecular formula is C12H17N. The Morgan fingerprint density at radius 3 is 2.85 bits per heavy atom. The van der Waals surface area contributed by atoms with Crippen molar-refractivity contribution in [2.75, 3.05) is 0 Å². The van der Waals surface area contributed by atoms with E-state index >= 15 is 0 Å². The van der Waals surface area contributed by atoms with E-state index in [0.717, 1.165) is 6.42 Å². The van der Waals surface area contributed by atoms with Crippen LogP contribution < -0.4 is 0 Å². The van der Waals surface area contributed by atoms with Crippen molar-refractivity contribution < 1.29 is 0 Å². The predicted octanol–water partition coefficient (Wildman–Crippen LogP) is 3.07. The van der Waals surface area contributed by atoms with Crippen LogP contribution in [0, 0.1) is 5.41 Å². The fourth-order valence-electron chi connectivity index (χ4n) is 1.73. The van der Waals surface area contributed by atoms with Gasteiger partial charge in [0.2, 0.25) is 0 Å². The van der Waals surface area contributed by atoms with Gasteiger partial charge in [-0.25, -0.2) is 0 Å². The highest BCUT2D eigenvalue weighted by atomic mass is 15.1. The van der Waals surface area contributed by atoms with E-state index in [1.54, 1.807) is 0 Å². The van der Waals surface area contributed by atoms with Crippen molar-refractivity contribution in [3.8, 4) is 0 Å². The van der Waals surface area contributed by atoms with Gasteiger partial charge in [-0.2, -0.15) is 0 Å². The van der Waals surface area contributed by atoms with Crippen LogP contribution in [0.1, 0.15) is 27.2 Å². The number of nitrogens with zero attached hydrogens (tertiary/aromatic N) is 1. The van der Waals surface area contributed by atoms with Gasteiger partial charge < -0.3 is 4.90 Å². The van der Waals surface area contributed by atoms with E-state index in [2.05, 4.69) is 56.3 Å². The lowest BCUT2D eigenvalue weighted by atomic mass is 9.85. The van der Waals surface area contributed by atoms with Crippen LogP contribution in [0.25, 0.3) is 0 Å². The zero-order valence-corrected chi connectivity index (χ0v) is 8.62. The molecule has 0 bridgehead atoms. The third-order valence-corrected chi connectivity index (χ3v) is 2.69. The summed E-state index contributed by atoms with van der Waals surface area (Å²) in [4.78, 5) is 2.31. The van der Waals surface area contributed by atoms with Crippen molar-refractivity contribution in [3.05, 3.63) is 36.2 Å². The number of fused-ring (bicyclic) bond motifs is 1. The number of rotatable bonds is 0. The predicted molar refractivity (Wildman–Crippen MR) is 56.1 cm³/mol. The standard InChI is InChI=1S/C12H17N/c1-12(2,3)10-6-7-11-5-4-8-13(11)9-10/h4,6-9,11H,5H2,1-3H3. The summed E-state index contributed by atoms with van der Waals surface area (Å²) in [6.07, 6.45) is 12.4. The number of hydrogen-bond acceptors (Lipinski definition) is 1. The molecule has 2 heterocycles. The molecule has 0 N–H and O–H groups in total. The maximum absolute atomic E-state index is 2.31. The van der Waals surface area contributed by atoms with E-state index in [-0.39, 0.29) is 5.41 Å². The van der Waals surface area contributed by atoms with Crippen molar-refractivity contribution in [2.45, 2.75) is 33.2 Å². The molecule has 0 fully saturated rings. The fraction of sp³-hybridized carbons (Fsp3) is 0.500. The smallest absolute Gasteiger partial charge is 0.0548 e. The molecule has 0 saturated heterocycles. The minimum absolute atomic E-state index is 0.262. The molecule has 0 radical (unpaired) electrons. The largest absolute Gasteiger partial charge is 0.347 e. The van der Waals surface area contributed by atoms with E-state index in [1.165, 1.54) is 5.57 Å². The minimum Gasteiger partial charge on any atom is -0.347 e. The van der Waals surface area contributed by atoms with Crippen LogP contribution in [0.2, 0.25) is 0 Å². The SMILES string of the molecule is CC(C)(C)C1=CN2C=CCC2C=C1. The van der Waals surface area contributed by atoms with Crippen LogP contribution in [0.3, 0.4) is 0 Å². The molecule has 0 saturated carbocycles. The van der Waals surface area contributed by atoms with Crippen LogP contribution in [0.4, 0.5) is 0 Å². The molecule has 1 nitrogen and oxygen atoms in total. The lowest BCUT2D eigenvalue weighted by molar-refractivity contribution is 0.422. The fourth-order valence-corrected chi connectivity index (χ4v) is 1.73. The Balaban J connectivity index is 2.24. The van der Waals surface area contributed by atoms with E-state index in [9.17, 15) is 0 Å². The van der Waals surface area contributed by atoms with Crippen molar-refractivity contribution in [1.82, 2.24) is 4.90 Å². The Labute approximate surface area is 80.4 Å². The summed E-state index contributed by atoms with van der Waals surface area (Å²) in [5.41, 5.74) is 1.67. The van der Waals surface area contributed by atoms with Gasteiger partial charge in [0.25, 0.3) is 0 Å². The molecule has 70 valence electrons. The van der Waals surface area contributed by atoms with E-state index in [1.807, 2.05) is 0 Å². The normalized spacial score (nSPS) is 26.2. The molecular weight excluding hydrogens is 158 g/mol. The molecule has 0 amide bonds. The van der Waals surface area contributed by atoms with Crippen LogP contribution in [0.15, 0.2) is 36.2 Å². The second-order valence-electron chi connectivity index (χ2n) is 4.83. The molecule has 1 heteroatoms. The van der Waals surface area contributed by atoms with Gasteiger partial charge in [0.1, 0.15) is 0 Å². The van der Waals surface area contributed by atoms with E-state index in [4.69, 9.17) is 0 Å². The Hall–Kier alpha value is -0.980. The lowest BCUT2D eigenvalue weighted by Crippen LogP contribution is -2.25. The first kappa shape index (κ1) is 8.61.